The van der Waals surface area contributed by atoms with E-state index in [1.165, 1.54) is 20.3 Å². The highest BCUT2D eigenvalue weighted by atomic mass is 35.5. The van der Waals surface area contributed by atoms with Crippen LogP contribution in [0.2, 0.25) is 5.02 Å². The first-order valence-corrected chi connectivity index (χ1v) is 9.01. The van der Waals surface area contributed by atoms with Crippen molar-refractivity contribution in [3.8, 4) is 23.0 Å². The quantitative estimate of drug-likeness (QED) is 0.639. The Bertz CT molecular complexity index is 864. The van der Waals surface area contributed by atoms with Gasteiger partial charge in [0.05, 0.1) is 32.5 Å². The zero-order valence-corrected chi connectivity index (χ0v) is 17.3. The Kier molecular flexibility index (Phi) is 7.58. The van der Waals surface area contributed by atoms with Crippen molar-refractivity contribution in [3.63, 3.8) is 0 Å². The zero-order chi connectivity index (χ0) is 20.7. The SMILES string of the molecule is COc1ccc(NC(=O)/C=C/c2cc(Cl)c(OC(C)C)c(OC)c2)cc1OC. The number of nitrogens with one attached hydrogen (secondary N) is 1. The van der Waals surface area contributed by atoms with Crippen LogP contribution in [0.5, 0.6) is 23.0 Å². The van der Waals surface area contributed by atoms with Crippen molar-refractivity contribution in [1.29, 1.82) is 0 Å². The molecule has 28 heavy (non-hydrogen) atoms. The summed E-state index contributed by atoms with van der Waals surface area (Å²) in [7, 11) is 4.62. The Morgan fingerprint density at radius 2 is 1.68 bits per heavy atom. The summed E-state index contributed by atoms with van der Waals surface area (Å²) in [5, 5.41) is 3.18. The van der Waals surface area contributed by atoms with E-state index in [-0.39, 0.29) is 12.0 Å². The predicted molar refractivity (Wildman–Crippen MR) is 111 cm³/mol. The van der Waals surface area contributed by atoms with E-state index in [0.717, 1.165) is 0 Å². The van der Waals surface area contributed by atoms with Crippen molar-refractivity contribution in [2.24, 2.45) is 0 Å². The minimum absolute atomic E-state index is 0.0416. The maximum atomic E-state index is 12.2. The molecule has 0 aliphatic rings. The molecule has 7 heteroatoms. The lowest BCUT2D eigenvalue weighted by atomic mass is 10.1. The molecule has 0 bridgehead atoms. The van der Waals surface area contributed by atoms with Crippen molar-refractivity contribution in [2.45, 2.75) is 20.0 Å². The van der Waals surface area contributed by atoms with Gasteiger partial charge < -0.3 is 24.3 Å². The van der Waals surface area contributed by atoms with Gasteiger partial charge in [0.2, 0.25) is 5.91 Å². The summed E-state index contributed by atoms with van der Waals surface area (Å²) in [5.41, 5.74) is 1.30. The molecule has 2 rings (SSSR count). The molecule has 0 saturated heterocycles. The van der Waals surface area contributed by atoms with E-state index in [2.05, 4.69) is 5.32 Å². The summed E-state index contributed by atoms with van der Waals surface area (Å²) in [6.45, 7) is 3.81. The monoisotopic (exact) mass is 405 g/mol. The van der Waals surface area contributed by atoms with E-state index in [4.69, 9.17) is 30.5 Å². The fourth-order valence-corrected chi connectivity index (χ4v) is 2.72. The van der Waals surface area contributed by atoms with Crippen molar-refractivity contribution < 1.29 is 23.7 Å². The number of hydrogen-bond acceptors (Lipinski definition) is 5. The molecule has 0 spiro atoms. The summed E-state index contributed by atoms with van der Waals surface area (Å²) >= 11 is 6.30. The van der Waals surface area contributed by atoms with Crippen LogP contribution in [0, 0.1) is 0 Å². The average Bonchev–Trinajstić information content (AvgIpc) is 2.67. The third kappa shape index (κ3) is 5.57. The molecular formula is C21H24ClNO5. The molecule has 6 nitrogen and oxygen atoms in total. The van der Waals surface area contributed by atoms with Gasteiger partial charge in [-0.15, -0.1) is 0 Å². The molecule has 0 radical (unpaired) electrons. The number of halogens is 1. The topological polar surface area (TPSA) is 66.0 Å². The summed E-state index contributed by atoms with van der Waals surface area (Å²) in [5.74, 6) is 1.79. The number of benzene rings is 2. The number of anilines is 1. The lowest BCUT2D eigenvalue weighted by Gasteiger charge is -2.15. The van der Waals surface area contributed by atoms with Crippen LogP contribution in [0.25, 0.3) is 6.08 Å². The van der Waals surface area contributed by atoms with Crippen molar-refractivity contribution in [2.75, 3.05) is 26.6 Å². The van der Waals surface area contributed by atoms with Gasteiger partial charge in [-0.05, 0) is 49.8 Å². The first-order valence-electron chi connectivity index (χ1n) is 8.63. The van der Waals surface area contributed by atoms with Crippen LogP contribution in [-0.4, -0.2) is 33.3 Å². The second-order valence-corrected chi connectivity index (χ2v) is 6.50. The summed E-state index contributed by atoms with van der Waals surface area (Å²) in [6.07, 6.45) is 3.01. The zero-order valence-electron chi connectivity index (χ0n) is 16.5. The van der Waals surface area contributed by atoms with E-state index in [1.807, 2.05) is 13.8 Å². The van der Waals surface area contributed by atoms with Crippen LogP contribution in [0.3, 0.4) is 0 Å². The van der Waals surface area contributed by atoms with Crippen molar-refractivity contribution in [3.05, 3.63) is 47.0 Å². The summed E-state index contributed by atoms with van der Waals surface area (Å²) in [6, 6.07) is 8.59. The number of amides is 1. The van der Waals surface area contributed by atoms with Crippen molar-refractivity contribution in [1.82, 2.24) is 0 Å². The minimum atomic E-state index is -0.301. The van der Waals surface area contributed by atoms with Crippen LogP contribution in [0.15, 0.2) is 36.4 Å². The normalized spacial score (nSPS) is 10.8. The van der Waals surface area contributed by atoms with E-state index < -0.39 is 0 Å². The molecule has 0 heterocycles. The number of hydrogen-bond donors (Lipinski definition) is 1. The van der Waals surface area contributed by atoms with Crippen LogP contribution in [0.4, 0.5) is 5.69 Å². The Morgan fingerprint density at radius 3 is 2.29 bits per heavy atom. The number of ether oxygens (including phenoxy) is 4. The fraction of sp³-hybridized carbons (Fsp3) is 0.286. The van der Waals surface area contributed by atoms with E-state index in [1.54, 1.807) is 43.5 Å². The fourth-order valence-electron chi connectivity index (χ4n) is 2.46. The summed E-state index contributed by atoms with van der Waals surface area (Å²) < 4.78 is 21.4. The Balaban J connectivity index is 2.15. The molecule has 0 aliphatic carbocycles. The minimum Gasteiger partial charge on any atom is -0.493 e. The number of carbonyl (C=O) groups excluding carboxylic acids is 1. The Labute approximate surface area is 170 Å². The molecular weight excluding hydrogens is 382 g/mol. The maximum absolute atomic E-state index is 12.2. The van der Waals surface area contributed by atoms with Crippen LogP contribution < -0.4 is 24.3 Å². The first-order chi connectivity index (χ1) is 13.4. The average molecular weight is 406 g/mol. The van der Waals surface area contributed by atoms with Crippen LogP contribution in [-0.2, 0) is 4.79 Å². The van der Waals surface area contributed by atoms with Gasteiger partial charge in [-0.2, -0.15) is 0 Å². The second-order valence-electron chi connectivity index (χ2n) is 6.09. The van der Waals surface area contributed by atoms with Gasteiger partial charge in [0.1, 0.15) is 0 Å². The summed E-state index contributed by atoms with van der Waals surface area (Å²) in [4.78, 5) is 12.2. The Morgan fingerprint density at radius 1 is 1.00 bits per heavy atom. The van der Waals surface area contributed by atoms with E-state index in [0.29, 0.717) is 39.3 Å². The second kappa shape index (κ2) is 9.90. The number of rotatable bonds is 8. The van der Waals surface area contributed by atoms with E-state index in [9.17, 15) is 4.79 Å². The van der Waals surface area contributed by atoms with Crippen LogP contribution in [0.1, 0.15) is 19.4 Å². The van der Waals surface area contributed by atoms with Gasteiger partial charge in [0.15, 0.2) is 23.0 Å². The maximum Gasteiger partial charge on any atom is 0.248 e. The molecule has 0 aliphatic heterocycles. The largest absolute Gasteiger partial charge is 0.493 e. The first kappa shape index (κ1) is 21.4. The molecule has 0 atom stereocenters. The van der Waals surface area contributed by atoms with Gasteiger partial charge in [-0.3, -0.25) is 4.79 Å². The third-order valence-corrected chi connectivity index (χ3v) is 3.96. The number of carbonyl (C=O) groups is 1. The van der Waals surface area contributed by atoms with E-state index >= 15 is 0 Å². The van der Waals surface area contributed by atoms with Crippen LogP contribution >= 0.6 is 11.6 Å². The van der Waals surface area contributed by atoms with Gasteiger partial charge in [-0.1, -0.05) is 11.6 Å². The van der Waals surface area contributed by atoms with Gasteiger partial charge >= 0.3 is 0 Å². The molecule has 0 saturated carbocycles. The molecule has 2 aromatic rings. The van der Waals surface area contributed by atoms with Gasteiger partial charge in [0.25, 0.3) is 0 Å². The molecule has 1 amide bonds. The Hall–Kier alpha value is -2.86. The molecule has 0 aromatic heterocycles. The predicted octanol–water partition coefficient (Wildman–Crippen LogP) is 4.80. The molecule has 0 unspecified atom stereocenters. The highest BCUT2D eigenvalue weighted by molar-refractivity contribution is 6.32. The van der Waals surface area contributed by atoms with Gasteiger partial charge in [-0.25, -0.2) is 0 Å². The standard InChI is InChI=1S/C21H24ClNO5/c1-13(2)28-21-16(22)10-14(11-19(21)27-5)6-9-20(24)23-15-7-8-17(25-3)18(12-15)26-4/h6-13H,1-5H3,(H,23,24)/b9-6+. The highest BCUT2D eigenvalue weighted by Crippen LogP contribution is 2.37. The number of methoxy groups -OCH3 is 3. The molecule has 1 N–H and O–H groups in total. The van der Waals surface area contributed by atoms with Crippen molar-refractivity contribution >= 4 is 29.3 Å². The molecule has 2 aromatic carbocycles. The highest BCUT2D eigenvalue weighted by Gasteiger charge is 2.13. The third-order valence-electron chi connectivity index (χ3n) is 3.68. The lowest BCUT2D eigenvalue weighted by molar-refractivity contribution is -0.111. The lowest BCUT2D eigenvalue weighted by Crippen LogP contribution is -2.08. The molecule has 0 fully saturated rings. The molecule has 150 valence electrons. The smallest absolute Gasteiger partial charge is 0.248 e. The van der Waals surface area contributed by atoms with Gasteiger partial charge in [0, 0.05) is 17.8 Å².